The number of amides is 1. The number of anilines is 1. The van der Waals surface area contributed by atoms with Crippen molar-refractivity contribution in [2.45, 2.75) is 51.6 Å². The van der Waals surface area contributed by atoms with Gasteiger partial charge in [0.1, 0.15) is 17.3 Å². The van der Waals surface area contributed by atoms with Crippen LogP contribution < -0.4 is 5.32 Å². The summed E-state index contributed by atoms with van der Waals surface area (Å²) in [5.74, 6) is 0.954. The SMILES string of the molecule is CC(=O)CC(c1cnc2ccccc2n1)N1CCn2cc(CCc3ccc4c(n3)NCCC4)cc2C1=O. The molecule has 6 rings (SSSR count). The topological polar surface area (TPSA) is 93.0 Å². The van der Waals surface area contributed by atoms with Crippen molar-refractivity contribution in [1.82, 2.24) is 24.4 Å². The van der Waals surface area contributed by atoms with Crippen molar-refractivity contribution in [2.75, 3.05) is 18.4 Å². The van der Waals surface area contributed by atoms with Crippen molar-refractivity contribution in [3.05, 3.63) is 83.1 Å². The third-order valence-corrected chi connectivity index (χ3v) is 7.30. The molecule has 5 heterocycles. The number of Topliss-reactive ketones (excluding diaryl/α,β-unsaturated/α-hetero) is 1. The molecule has 0 radical (unpaired) electrons. The number of carbonyl (C=O) groups excluding carboxylic acids is 2. The lowest BCUT2D eigenvalue weighted by Crippen LogP contribution is -2.43. The van der Waals surface area contributed by atoms with Gasteiger partial charge in [0.2, 0.25) is 0 Å². The number of carbonyl (C=O) groups is 2. The minimum Gasteiger partial charge on any atom is -0.370 e. The first-order valence-electron chi connectivity index (χ1n) is 13.0. The lowest BCUT2D eigenvalue weighted by molar-refractivity contribution is -0.118. The first-order valence-corrected chi connectivity index (χ1v) is 13.0. The molecule has 0 saturated heterocycles. The number of aromatic nitrogens is 4. The number of para-hydroxylation sites is 2. The standard InChI is InChI=1S/C29H30N6O2/c1-19(36)15-26(25-17-31-23-6-2-3-7-24(23)33-25)35-14-13-34-18-20(16-27(34)29(35)37)8-10-22-11-9-21-5-4-12-30-28(21)32-22/h2-3,6-7,9,11,16-18,26H,4-5,8,10,12-15H2,1H3,(H,30,32). The molecule has 2 aliphatic heterocycles. The quantitative estimate of drug-likeness (QED) is 0.415. The van der Waals surface area contributed by atoms with E-state index in [1.807, 2.05) is 34.9 Å². The van der Waals surface area contributed by atoms with Crippen LogP contribution >= 0.6 is 0 Å². The van der Waals surface area contributed by atoms with Gasteiger partial charge in [-0.2, -0.15) is 0 Å². The first-order chi connectivity index (χ1) is 18.0. The fourth-order valence-corrected chi connectivity index (χ4v) is 5.39. The van der Waals surface area contributed by atoms with Gasteiger partial charge < -0.3 is 14.8 Å². The number of fused-ring (bicyclic) bond motifs is 3. The first kappa shape index (κ1) is 23.3. The fraction of sp³-hybridized carbons (Fsp3) is 0.345. The second kappa shape index (κ2) is 9.76. The Morgan fingerprint density at radius 2 is 1.95 bits per heavy atom. The van der Waals surface area contributed by atoms with Crippen molar-refractivity contribution < 1.29 is 9.59 Å². The summed E-state index contributed by atoms with van der Waals surface area (Å²) in [6, 6.07) is 13.5. The molecule has 0 bridgehead atoms. The summed E-state index contributed by atoms with van der Waals surface area (Å²) in [7, 11) is 0. The van der Waals surface area contributed by atoms with E-state index in [4.69, 9.17) is 9.97 Å². The molecule has 2 aliphatic rings. The number of rotatable bonds is 7. The summed E-state index contributed by atoms with van der Waals surface area (Å²) in [6.45, 7) is 3.73. The van der Waals surface area contributed by atoms with Crippen LogP contribution in [0.2, 0.25) is 0 Å². The van der Waals surface area contributed by atoms with Gasteiger partial charge in [0, 0.05) is 37.9 Å². The summed E-state index contributed by atoms with van der Waals surface area (Å²) in [5, 5.41) is 3.40. The Morgan fingerprint density at radius 1 is 1.08 bits per heavy atom. The zero-order valence-electron chi connectivity index (χ0n) is 21.0. The largest absolute Gasteiger partial charge is 0.370 e. The van der Waals surface area contributed by atoms with E-state index in [2.05, 4.69) is 28.6 Å². The smallest absolute Gasteiger partial charge is 0.271 e. The van der Waals surface area contributed by atoms with Crippen molar-refractivity contribution in [3.63, 3.8) is 0 Å². The Hall–Kier alpha value is -4.07. The molecular weight excluding hydrogens is 464 g/mol. The van der Waals surface area contributed by atoms with Crippen LogP contribution in [0, 0.1) is 0 Å². The van der Waals surface area contributed by atoms with E-state index in [0.29, 0.717) is 24.5 Å². The van der Waals surface area contributed by atoms with Gasteiger partial charge in [-0.05, 0) is 68.0 Å². The molecule has 0 spiro atoms. The average molecular weight is 495 g/mol. The second-order valence-corrected chi connectivity index (χ2v) is 9.97. The fourth-order valence-electron chi connectivity index (χ4n) is 5.39. The number of nitrogens with zero attached hydrogens (tertiary/aromatic N) is 5. The molecule has 3 aromatic heterocycles. The number of nitrogens with one attached hydrogen (secondary N) is 1. The highest BCUT2D eigenvalue weighted by molar-refractivity contribution is 5.94. The van der Waals surface area contributed by atoms with Crippen molar-refractivity contribution in [3.8, 4) is 0 Å². The second-order valence-electron chi connectivity index (χ2n) is 9.97. The average Bonchev–Trinajstić information content (AvgIpc) is 3.35. The van der Waals surface area contributed by atoms with E-state index in [9.17, 15) is 9.59 Å². The zero-order chi connectivity index (χ0) is 25.4. The van der Waals surface area contributed by atoms with Crippen molar-refractivity contribution >= 4 is 28.5 Å². The monoisotopic (exact) mass is 494 g/mol. The van der Waals surface area contributed by atoms with E-state index in [0.717, 1.165) is 60.3 Å². The molecule has 4 aromatic rings. The number of ketones is 1. The lowest BCUT2D eigenvalue weighted by Gasteiger charge is -2.34. The molecule has 1 atom stereocenters. The van der Waals surface area contributed by atoms with Crippen molar-refractivity contribution in [2.24, 2.45) is 0 Å². The maximum Gasteiger partial charge on any atom is 0.271 e. The summed E-state index contributed by atoms with van der Waals surface area (Å²) >= 11 is 0. The van der Waals surface area contributed by atoms with E-state index in [1.54, 1.807) is 18.0 Å². The van der Waals surface area contributed by atoms with Crippen LogP contribution in [0.3, 0.4) is 0 Å². The Labute approximate surface area is 215 Å². The highest BCUT2D eigenvalue weighted by atomic mass is 16.2. The van der Waals surface area contributed by atoms with Gasteiger partial charge in [-0.15, -0.1) is 0 Å². The highest BCUT2D eigenvalue weighted by Crippen LogP contribution is 2.29. The Kier molecular flexibility index (Phi) is 6.16. The molecule has 188 valence electrons. The minimum absolute atomic E-state index is 0.0152. The molecule has 0 saturated carbocycles. The molecule has 8 heteroatoms. The van der Waals surface area contributed by atoms with E-state index >= 15 is 0 Å². The van der Waals surface area contributed by atoms with Gasteiger partial charge in [0.15, 0.2) is 0 Å². The molecule has 0 aliphatic carbocycles. The predicted octanol–water partition coefficient (Wildman–Crippen LogP) is 4.15. The maximum absolute atomic E-state index is 13.6. The van der Waals surface area contributed by atoms with Crippen LogP contribution in [0.5, 0.6) is 0 Å². The Morgan fingerprint density at radius 3 is 2.81 bits per heavy atom. The summed E-state index contributed by atoms with van der Waals surface area (Å²) in [4.78, 5) is 41.7. The van der Waals surface area contributed by atoms with Gasteiger partial charge >= 0.3 is 0 Å². The number of hydrogen-bond donors (Lipinski definition) is 1. The number of pyridine rings is 1. The van der Waals surface area contributed by atoms with Crippen molar-refractivity contribution in [1.29, 1.82) is 0 Å². The lowest BCUT2D eigenvalue weighted by atomic mass is 10.0. The van der Waals surface area contributed by atoms with Crippen LogP contribution in [-0.4, -0.2) is 49.2 Å². The number of benzene rings is 1. The summed E-state index contributed by atoms with van der Waals surface area (Å²) in [5.41, 5.74) is 6.32. The Balaban J connectivity index is 1.22. The number of aryl methyl sites for hydroxylation is 3. The molecule has 37 heavy (non-hydrogen) atoms. The molecule has 1 unspecified atom stereocenters. The van der Waals surface area contributed by atoms with Gasteiger partial charge in [0.05, 0.1) is 29.0 Å². The minimum atomic E-state index is -0.443. The van der Waals surface area contributed by atoms with Crippen LogP contribution in [-0.2, 0) is 30.6 Å². The molecular formula is C29H30N6O2. The normalized spacial score (nSPS) is 15.7. The predicted molar refractivity (Wildman–Crippen MR) is 142 cm³/mol. The van der Waals surface area contributed by atoms with Gasteiger partial charge in [-0.3, -0.25) is 14.6 Å². The summed E-state index contributed by atoms with van der Waals surface area (Å²) < 4.78 is 2.03. The van der Waals surface area contributed by atoms with Gasteiger partial charge in [0.25, 0.3) is 5.91 Å². The molecule has 0 fully saturated rings. The molecule has 1 N–H and O–H groups in total. The third-order valence-electron chi connectivity index (χ3n) is 7.30. The van der Waals surface area contributed by atoms with Gasteiger partial charge in [-0.1, -0.05) is 18.2 Å². The van der Waals surface area contributed by atoms with Crippen LogP contribution in [0.4, 0.5) is 5.82 Å². The Bertz CT molecular complexity index is 1490. The van der Waals surface area contributed by atoms with Crippen LogP contribution in [0.15, 0.2) is 54.9 Å². The molecule has 8 nitrogen and oxygen atoms in total. The molecule has 1 amide bonds. The molecule has 1 aromatic carbocycles. The van der Waals surface area contributed by atoms with E-state index in [-0.39, 0.29) is 18.1 Å². The van der Waals surface area contributed by atoms with Crippen LogP contribution in [0.25, 0.3) is 11.0 Å². The third kappa shape index (κ3) is 4.71. The van der Waals surface area contributed by atoms with E-state index in [1.165, 1.54) is 5.56 Å². The van der Waals surface area contributed by atoms with Gasteiger partial charge in [-0.25, -0.2) is 9.97 Å². The highest BCUT2D eigenvalue weighted by Gasteiger charge is 2.33. The van der Waals surface area contributed by atoms with E-state index < -0.39 is 6.04 Å². The summed E-state index contributed by atoms with van der Waals surface area (Å²) in [6.07, 6.45) is 7.85. The number of hydrogen-bond acceptors (Lipinski definition) is 6. The zero-order valence-corrected chi connectivity index (χ0v) is 21.0. The maximum atomic E-state index is 13.6. The van der Waals surface area contributed by atoms with Crippen LogP contribution in [0.1, 0.15) is 58.8 Å².